The molecule has 39 heavy (non-hydrogen) atoms. The van der Waals surface area contributed by atoms with Crippen LogP contribution in [-0.2, 0) is 22.4 Å². The van der Waals surface area contributed by atoms with Crippen LogP contribution in [0.25, 0.3) is 0 Å². The molecule has 2 saturated heterocycles. The highest BCUT2D eigenvalue weighted by Crippen LogP contribution is 2.25. The van der Waals surface area contributed by atoms with Gasteiger partial charge >= 0.3 is 0 Å². The van der Waals surface area contributed by atoms with Gasteiger partial charge in [0, 0.05) is 0 Å². The van der Waals surface area contributed by atoms with Crippen molar-refractivity contribution in [1.29, 1.82) is 0 Å². The van der Waals surface area contributed by atoms with Gasteiger partial charge in [-0.15, -0.1) is 0 Å². The molecule has 2 heterocycles. The maximum Gasteiger partial charge on any atom is 0.286 e. The molecule has 2 aliphatic heterocycles. The zero-order chi connectivity index (χ0) is 27.5. The Kier molecular flexibility index (Phi) is 11.1. The molecule has 8 nitrogen and oxygen atoms in total. The fraction of sp³-hybridized carbons (Fsp3) is 0.448. The summed E-state index contributed by atoms with van der Waals surface area (Å²) < 4.78 is 11.7. The first kappa shape index (κ1) is 29.0. The third-order valence-electron chi connectivity index (χ3n) is 6.55. The van der Waals surface area contributed by atoms with Gasteiger partial charge in [-0.2, -0.15) is 0 Å². The van der Waals surface area contributed by atoms with E-state index in [9.17, 15) is 19.2 Å². The minimum absolute atomic E-state index is 0.213. The Balaban J connectivity index is 0.972. The molecule has 10 heteroatoms. The van der Waals surface area contributed by atoms with E-state index >= 15 is 0 Å². The Bertz CT molecular complexity index is 1050. The van der Waals surface area contributed by atoms with E-state index in [2.05, 4.69) is 10.6 Å². The molecule has 4 rings (SSSR count). The number of thioether (sulfide) groups is 2. The molecule has 2 N–H and O–H groups in total. The quantitative estimate of drug-likeness (QED) is 0.249. The van der Waals surface area contributed by atoms with E-state index in [4.69, 9.17) is 9.47 Å². The molecule has 2 atom stereocenters. The number of rotatable bonds is 16. The van der Waals surface area contributed by atoms with Gasteiger partial charge in [-0.05, 0) is 61.1 Å². The van der Waals surface area contributed by atoms with Crippen molar-refractivity contribution in [1.82, 2.24) is 10.6 Å². The highest BCUT2D eigenvalue weighted by Gasteiger charge is 2.32. The van der Waals surface area contributed by atoms with E-state index in [0.29, 0.717) is 26.1 Å². The van der Waals surface area contributed by atoms with Crippen LogP contribution in [0.4, 0.5) is 9.59 Å². The van der Waals surface area contributed by atoms with Gasteiger partial charge < -0.3 is 9.47 Å². The van der Waals surface area contributed by atoms with Crippen LogP contribution in [-0.4, -0.2) is 46.0 Å². The van der Waals surface area contributed by atoms with E-state index in [1.807, 2.05) is 48.5 Å². The molecule has 0 radical (unpaired) electrons. The van der Waals surface area contributed by atoms with Crippen LogP contribution >= 0.6 is 23.5 Å². The summed E-state index contributed by atoms with van der Waals surface area (Å²) >= 11 is 2.10. The van der Waals surface area contributed by atoms with Crippen LogP contribution in [0, 0.1) is 0 Å². The summed E-state index contributed by atoms with van der Waals surface area (Å²) in [6, 6.07) is 15.5. The zero-order valence-electron chi connectivity index (χ0n) is 21.8. The van der Waals surface area contributed by atoms with Crippen LogP contribution < -0.4 is 20.1 Å². The molecule has 0 aromatic heterocycles. The summed E-state index contributed by atoms with van der Waals surface area (Å²) in [5.74, 6) is 1.22. The average Bonchev–Trinajstić information content (AvgIpc) is 3.41. The first-order chi connectivity index (χ1) is 19.0. The number of benzene rings is 2. The molecule has 0 aliphatic carbocycles. The van der Waals surface area contributed by atoms with Gasteiger partial charge in [-0.1, -0.05) is 79.9 Å². The van der Waals surface area contributed by atoms with Crippen molar-refractivity contribution in [2.24, 2.45) is 0 Å². The first-order valence-electron chi connectivity index (χ1n) is 13.4. The van der Waals surface area contributed by atoms with E-state index in [1.54, 1.807) is 0 Å². The number of ether oxygens (including phenoxy) is 2. The predicted octanol–water partition coefficient (Wildman–Crippen LogP) is 5.66. The minimum Gasteiger partial charge on any atom is -0.494 e. The van der Waals surface area contributed by atoms with Gasteiger partial charge in [0.15, 0.2) is 0 Å². The van der Waals surface area contributed by atoms with Crippen molar-refractivity contribution >= 4 is 45.8 Å². The zero-order valence-corrected chi connectivity index (χ0v) is 23.5. The van der Waals surface area contributed by atoms with Crippen LogP contribution in [0.2, 0.25) is 0 Å². The maximum absolute atomic E-state index is 11.7. The number of carbonyl (C=O) groups is 4. The monoisotopic (exact) mass is 570 g/mol. The van der Waals surface area contributed by atoms with E-state index < -0.39 is 0 Å². The van der Waals surface area contributed by atoms with E-state index in [0.717, 1.165) is 71.8 Å². The van der Waals surface area contributed by atoms with Gasteiger partial charge in [-0.3, -0.25) is 29.8 Å². The van der Waals surface area contributed by atoms with E-state index in [1.165, 1.54) is 19.3 Å². The number of unbranched alkanes of at least 4 members (excludes halogenated alkanes) is 6. The SMILES string of the molecule is O=C1NC(=O)C(Cc2ccc(OCCCCCCCCCOc3ccc(CC4SC(=O)NC4=O)cc3)cc2)S1. The highest BCUT2D eigenvalue weighted by molar-refractivity contribution is 8.15. The van der Waals surface area contributed by atoms with Crippen LogP contribution in [0.5, 0.6) is 11.5 Å². The number of imide groups is 2. The molecule has 0 spiro atoms. The molecule has 0 saturated carbocycles. The molecular weight excluding hydrogens is 536 g/mol. The number of hydrogen-bond acceptors (Lipinski definition) is 8. The second-order valence-corrected chi connectivity index (χ2v) is 12.0. The third-order valence-corrected chi connectivity index (χ3v) is 8.51. The smallest absolute Gasteiger partial charge is 0.286 e. The maximum atomic E-state index is 11.7. The highest BCUT2D eigenvalue weighted by atomic mass is 32.2. The standard InChI is InChI=1S/C29H34N2O6S2/c32-26-24(38-28(34)30-26)18-20-8-12-22(13-9-20)36-16-6-4-2-1-3-5-7-17-37-23-14-10-21(11-15-23)19-25-27(33)31-29(35)39-25/h8-15,24-25H,1-7,16-19H2,(H,30,32,34)(H,31,33,35). The molecule has 2 unspecified atom stereocenters. The van der Waals surface area contributed by atoms with Gasteiger partial charge in [0.1, 0.15) is 11.5 Å². The van der Waals surface area contributed by atoms with Crippen molar-refractivity contribution in [3.8, 4) is 11.5 Å². The lowest BCUT2D eigenvalue weighted by atomic mass is 10.1. The summed E-state index contributed by atoms with van der Waals surface area (Å²) in [5.41, 5.74) is 2.02. The molecule has 208 valence electrons. The first-order valence-corrected chi connectivity index (χ1v) is 15.2. The van der Waals surface area contributed by atoms with Crippen molar-refractivity contribution in [3.63, 3.8) is 0 Å². The Labute approximate surface area is 237 Å². The lowest BCUT2D eigenvalue weighted by molar-refractivity contribution is -0.119. The summed E-state index contributed by atoms with van der Waals surface area (Å²) in [6.07, 6.45) is 8.96. The topological polar surface area (TPSA) is 111 Å². The Morgan fingerprint density at radius 2 is 0.897 bits per heavy atom. The summed E-state index contributed by atoms with van der Waals surface area (Å²) in [4.78, 5) is 45.9. The number of carbonyl (C=O) groups excluding carboxylic acids is 4. The van der Waals surface area contributed by atoms with Crippen molar-refractivity contribution in [2.45, 2.75) is 68.3 Å². The fourth-order valence-electron chi connectivity index (χ4n) is 4.40. The van der Waals surface area contributed by atoms with Crippen molar-refractivity contribution < 1.29 is 28.7 Å². The van der Waals surface area contributed by atoms with Gasteiger partial charge in [0.05, 0.1) is 23.7 Å². The van der Waals surface area contributed by atoms with Crippen LogP contribution in [0.1, 0.15) is 56.1 Å². The number of amides is 4. The largest absolute Gasteiger partial charge is 0.494 e. The Morgan fingerprint density at radius 3 is 1.23 bits per heavy atom. The molecule has 4 amide bonds. The second kappa shape index (κ2) is 15.0. The molecular formula is C29H34N2O6S2. The summed E-state index contributed by atoms with van der Waals surface area (Å²) in [5, 5.41) is 3.40. The second-order valence-electron chi connectivity index (χ2n) is 9.63. The van der Waals surface area contributed by atoms with Gasteiger partial charge in [0.25, 0.3) is 10.5 Å². The average molecular weight is 571 g/mol. The normalized spacial score (nSPS) is 18.8. The lowest BCUT2D eigenvalue weighted by Crippen LogP contribution is -2.25. The molecule has 2 fully saturated rings. The Hall–Kier alpha value is -2.98. The Morgan fingerprint density at radius 1 is 0.538 bits per heavy atom. The summed E-state index contributed by atoms with van der Waals surface area (Å²) in [6.45, 7) is 1.37. The lowest BCUT2D eigenvalue weighted by Gasteiger charge is -2.09. The number of hydrogen-bond donors (Lipinski definition) is 2. The predicted molar refractivity (Wildman–Crippen MR) is 153 cm³/mol. The molecule has 2 aromatic rings. The van der Waals surface area contributed by atoms with Gasteiger partial charge in [0.2, 0.25) is 11.8 Å². The fourth-order valence-corrected chi connectivity index (χ4v) is 6.11. The number of nitrogens with one attached hydrogen (secondary N) is 2. The van der Waals surface area contributed by atoms with Crippen molar-refractivity contribution in [3.05, 3.63) is 59.7 Å². The minimum atomic E-state index is -0.344. The van der Waals surface area contributed by atoms with Crippen LogP contribution in [0.3, 0.4) is 0 Å². The molecule has 0 bridgehead atoms. The van der Waals surface area contributed by atoms with Gasteiger partial charge in [-0.25, -0.2) is 0 Å². The van der Waals surface area contributed by atoms with Crippen LogP contribution in [0.15, 0.2) is 48.5 Å². The molecule has 2 aromatic carbocycles. The van der Waals surface area contributed by atoms with E-state index in [-0.39, 0.29) is 32.8 Å². The summed E-state index contributed by atoms with van der Waals surface area (Å²) in [7, 11) is 0. The molecule has 2 aliphatic rings. The third kappa shape index (κ3) is 9.61. The van der Waals surface area contributed by atoms with Crippen molar-refractivity contribution in [2.75, 3.05) is 13.2 Å².